The van der Waals surface area contributed by atoms with E-state index in [4.69, 9.17) is 0 Å². The monoisotopic (exact) mass is 336 g/mol. The molecule has 3 nitrogen and oxygen atoms in total. The van der Waals surface area contributed by atoms with Crippen molar-refractivity contribution < 1.29 is 4.79 Å². The fourth-order valence-electron chi connectivity index (χ4n) is 3.19. The number of nitrogens with zero attached hydrogens (tertiary/aromatic N) is 2. The van der Waals surface area contributed by atoms with Crippen LogP contribution in [0.5, 0.6) is 0 Å². The molecule has 0 N–H and O–H groups in total. The number of amides is 1. The fraction of sp³-hybridized carbons (Fsp3) is 0.100. The zero-order chi connectivity index (χ0) is 15.6. The van der Waals surface area contributed by atoms with Gasteiger partial charge >= 0.3 is 0 Å². The molecule has 120 valence electrons. The summed E-state index contributed by atoms with van der Waals surface area (Å²) < 4.78 is 0. The number of aromatic nitrogens is 1. The Hall–Kier alpha value is -2.65. The Balaban J connectivity index is 0.00000169. The van der Waals surface area contributed by atoms with E-state index in [1.54, 1.807) is 12.4 Å². The first-order valence-electron chi connectivity index (χ1n) is 7.71. The molecule has 0 radical (unpaired) electrons. The van der Waals surface area contributed by atoms with Crippen LogP contribution in [0.3, 0.4) is 0 Å². The van der Waals surface area contributed by atoms with Crippen molar-refractivity contribution in [3.63, 3.8) is 0 Å². The molecule has 1 amide bonds. The summed E-state index contributed by atoms with van der Waals surface area (Å²) in [6, 6.07) is 21.8. The van der Waals surface area contributed by atoms with Gasteiger partial charge in [-0.15, -0.1) is 12.4 Å². The molecule has 4 rings (SSSR count). The van der Waals surface area contributed by atoms with Crippen molar-refractivity contribution >= 4 is 29.7 Å². The topological polar surface area (TPSA) is 33.2 Å². The third-order valence-electron chi connectivity index (χ3n) is 4.28. The Morgan fingerprint density at radius 3 is 2.29 bits per heavy atom. The van der Waals surface area contributed by atoms with Crippen LogP contribution in [0.15, 0.2) is 79.1 Å². The zero-order valence-electron chi connectivity index (χ0n) is 13.0. The van der Waals surface area contributed by atoms with Crippen LogP contribution in [0.4, 0.5) is 11.4 Å². The quantitative estimate of drug-likeness (QED) is 0.705. The summed E-state index contributed by atoms with van der Waals surface area (Å²) in [5.74, 6) is -0.0111. The van der Waals surface area contributed by atoms with Gasteiger partial charge < -0.3 is 0 Å². The first kappa shape index (κ1) is 16.2. The first-order valence-corrected chi connectivity index (χ1v) is 7.71. The van der Waals surface area contributed by atoms with Gasteiger partial charge in [0.1, 0.15) is 0 Å². The largest absolute Gasteiger partial charge is 0.280 e. The van der Waals surface area contributed by atoms with E-state index in [1.807, 2.05) is 65.6 Å². The number of benzene rings is 2. The Bertz CT molecular complexity index is 837. The van der Waals surface area contributed by atoms with Crippen LogP contribution in [0.1, 0.15) is 17.0 Å². The van der Waals surface area contributed by atoms with Gasteiger partial charge in [-0.1, -0.05) is 36.4 Å². The SMILES string of the molecule is Cl.O=C1C(Cc2ccncc2)c2ccccc2N1c1ccccc1. The third kappa shape index (κ3) is 2.79. The molecule has 1 aliphatic heterocycles. The summed E-state index contributed by atoms with van der Waals surface area (Å²) in [5, 5.41) is 0. The number of hydrogen-bond donors (Lipinski definition) is 0. The summed E-state index contributed by atoms with van der Waals surface area (Å²) in [6.07, 6.45) is 4.24. The van der Waals surface area contributed by atoms with E-state index in [2.05, 4.69) is 11.1 Å². The molecule has 2 heterocycles. The molecular weight excluding hydrogens is 320 g/mol. The van der Waals surface area contributed by atoms with Crippen LogP contribution in [-0.2, 0) is 11.2 Å². The standard InChI is InChI=1S/C20H16N2O.ClH/c23-20-18(14-15-10-12-21-13-11-15)17-8-4-5-9-19(17)22(20)16-6-2-1-3-7-16;/h1-13,18H,14H2;1H. The van der Waals surface area contributed by atoms with Crippen molar-refractivity contribution in [1.82, 2.24) is 4.98 Å². The van der Waals surface area contributed by atoms with E-state index in [-0.39, 0.29) is 24.2 Å². The summed E-state index contributed by atoms with van der Waals surface area (Å²) >= 11 is 0. The van der Waals surface area contributed by atoms with Crippen LogP contribution in [0.2, 0.25) is 0 Å². The number of hydrogen-bond acceptors (Lipinski definition) is 2. The first-order chi connectivity index (χ1) is 11.3. The molecule has 24 heavy (non-hydrogen) atoms. The van der Waals surface area contributed by atoms with E-state index < -0.39 is 0 Å². The molecule has 4 heteroatoms. The van der Waals surface area contributed by atoms with Crippen LogP contribution in [0.25, 0.3) is 0 Å². The maximum atomic E-state index is 13.1. The maximum Gasteiger partial charge on any atom is 0.239 e. The summed E-state index contributed by atoms with van der Waals surface area (Å²) in [7, 11) is 0. The minimum atomic E-state index is -0.145. The van der Waals surface area contributed by atoms with E-state index in [1.165, 1.54) is 0 Å². The highest BCUT2D eigenvalue weighted by molar-refractivity contribution is 6.10. The normalized spacial score (nSPS) is 15.8. The van der Waals surface area contributed by atoms with Gasteiger partial charge in [0, 0.05) is 18.1 Å². The molecular formula is C20H17ClN2O. The van der Waals surface area contributed by atoms with Gasteiger partial charge in [-0.25, -0.2) is 0 Å². The molecule has 0 aliphatic carbocycles. The summed E-state index contributed by atoms with van der Waals surface area (Å²) in [5.41, 5.74) is 4.13. The number of pyridine rings is 1. The molecule has 1 aliphatic rings. The predicted molar refractivity (Wildman–Crippen MR) is 98.0 cm³/mol. The molecule has 1 unspecified atom stereocenters. The van der Waals surface area contributed by atoms with Crippen LogP contribution >= 0.6 is 12.4 Å². The fourth-order valence-corrected chi connectivity index (χ4v) is 3.19. The highest BCUT2D eigenvalue weighted by Gasteiger charge is 2.37. The van der Waals surface area contributed by atoms with Crippen molar-refractivity contribution in [2.24, 2.45) is 0 Å². The van der Waals surface area contributed by atoms with Crippen molar-refractivity contribution in [3.8, 4) is 0 Å². The molecule has 1 aromatic heterocycles. The molecule has 2 aromatic carbocycles. The van der Waals surface area contributed by atoms with E-state index in [0.717, 1.165) is 22.5 Å². The summed E-state index contributed by atoms with van der Waals surface area (Å²) in [4.78, 5) is 19.0. The molecule has 3 aromatic rings. The Morgan fingerprint density at radius 2 is 1.54 bits per heavy atom. The second-order valence-corrected chi connectivity index (χ2v) is 5.68. The Kier molecular flexibility index (Phi) is 4.63. The second kappa shape index (κ2) is 6.85. The van der Waals surface area contributed by atoms with Crippen LogP contribution in [-0.4, -0.2) is 10.9 Å². The zero-order valence-corrected chi connectivity index (χ0v) is 13.8. The number of rotatable bonds is 3. The van der Waals surface area contributed by atoms with Crippen LogP contribution in [0, 0.1) is 0 Å². The van der Waals surface area contributed by atoms with Gasteiger partial charge in [-0.05, 0) is 47.9 Å². The number of anilines is 2. The number of fused-ring (bicyclic) bond motifs is 1. The van der Waals surface area contributed by atoms with Crippen LogP contribution < -0.4 is 4.90 Å². The highest BCUT2D eigenvalue weighted by atomic mass is 35.5. The third-order valence-corrected chi connectivity index (χ3v) is 4.28. The number of carbonyl (C=O) groups excluding carboxylic acids is 1. The van der Waals surface area contributed by atoms with Crippen molar-refractivity contribution in [2.45, 2.75) is 12.3 Å². The average Bonchev–Trinajstić information content (AvgIpc) is 2.89. The van der Waals surface area contributed by atoms with Crippen molar-refractivity contribution in [2.75, 3.05) is 4.90 Å². The second-order valence-electron chi connectivity index (χ2n) is 5.68. The molecule has 0 fully saturated rings. The minimum absolute atomic E-state index is 0. The van der Waals surface area contributed by atoms with Gasteiger partial charge in [0.05, 0.1) is 11.6 Å². The average molecular weight is 337 g/mol. The van der Waals surface area contributed by atoms with Gasteiger partial charge in [0.15, 0.2) is 0 Å². The lowest BCUT2D eigenvalue weighted by Crippen LogP contribution is -2.24. The molecule has 0 saturated heterocycles. The maximum absolute atomic E-state index is 13.1. The lowest BCUT2D eigenvalue weighted by atomic mass is 9.94. The minimum Gasteiger partial charge on any atom is -0.280 e. The predicted octanol–water partition coefficient (Wildman–Crippen LogP) is 4.51. The van der Waals surface area contributed by atoms with E-state index in [0.29, 0.717) is 6.42 Å². The van der Waals surface area contributed by atoms with Crippen molar-refractivity contribution in [3.05, 3.63) is 90.3 Å². The lowest BCUT2D eigenvalue weighted by molar-refractivity contribution is -0.118. The summed E-state index contributed by atoms with van der Waals surface area (Å²) in [6.45, 7) is 0. The van der Waals surface area contributed by atoms with Gasteiger partial charge in [0.25, 0.3) is 0 Å². The van der Waals surface area contributed by atoms with Gasteiger partial charge in [-0.3, -0.25) is 14.7 Å². The smallest absolute Gasteiger partial charge is 0.239 e. The molecule has 0 saturated carbocycles. The molecule has 0 bridgehead atoms. The number of halogens is 1. The molecule has 0 spiro atoms. The lowest BCUT2D eigenvalue weighted by Gasteiger charge is -2.18. The van der Waals surface area contributed by atoms with E-state index >= 15 is 0 Å². The number of carbonyl (C=O) groups is 1. The Morgan fingerprint density at radius 1 is 0.875 bits per heavy atom. The van der Waals surface area contributed by atoms with Gasteiger partial charge in [0.2, 0.25) is 5.91 Å². The Labute approximate surface area is 147 Å². The highest BCUT2D eigenvalue weighted by Crippen LogP contribution is 2.42. The van der Waals surface area contributed by atoms with E-state index in [9.17, 15) is 4.79 Å². The molecule has 1 atom stereocenters. The van der Waals surface area contributed by atoms with Gasteiger partial charge in [-0.2, -0.15) is 0 Å². The number of para-hydroxylation sites is 2. The van der Waals surface area contributed by atoms with Crippen molar-refractivity contribution in [1.29, 1.82) is 0 Å².